The van der Waals surface area contributed by atoms with Crippen LogP contribution in [-0.4, -0.2) is 40.9 Å². The highest BCUT2D eigenvalue weighted by Gasteiger charge is 2.52. The van der Waals surface area contributed by atoms with E-state index in [2.05, 4.69) is 0 Å². The molecule has 0 radical (unpaired) electrons. The number of aliphatic carboxylic acids is 1. The van der Waals surface area contributed by atoms with Crippen molar-refractivity contribution in [2.45, 2.75) is 111 Å². The zero-order valence-corrected chi connectivity index (χ0v) is 20.2. The van der Waals surface area contributed by atoms with Crippen molar-refractivity contribution in [2.24, 2.45) is 0 Å². The van der Waals surface area contributed by atoms with Gasteiger partial charge >= 0.3 is 21.2 Å². The first-order valence-electron chi connectivity index (χ1n) is 9.86. The van der Waals surface area contributed by atoms with Gasteiger partial charge in [0.25, 0.3) is 0 Å². The first kappa shape index (κ1) is 27.8. The first-order valence-corrected chi connectivity index (χ1v) is 13.1. The molecule has 0 fully saturated rings. The zero-order chi connectivity index (χ0) is 22.1. The van der Waals surface area contributed by atoms with Gasteiger partial charge in [0, 0.05) is 6.42 Å². The molecule has 1 N–H and O–H groups in total. The molecule has 10 heteroatoms. The largest absolute Gasteiger partial charge is 0.481 e. The molecule has 0 amide bonds. The van der Waals surface area contributed by atoms with Gasteiger partial charge in [0.2, 0.25) is 0 Å². The summed E-state index contributed by atoms with van der Waals surface area (Å²) in [5.41, 5.74) is 0. The summed E-state index contributed by atoms with van der Waals surface area (Å²) in [5.74, 6) is -0.920. The Morgan fingerprint density at radius 1 is 0.714 bits per heavy atom. The Morgan fingerprint density at radius 3 is 1.29 bits per heavy atom. The molecule has 0 saturated heterocycles. The topological polar surface area (TPSA) is 108 Å². The summed E-state index contributed by atoms with van der Waals surface area (Å²) in [6.45, 7) is 13.7. The minimum atomic E-state index is -3.90. The second-order valence-electron chi connectivity index (χ2n) is 7.82. The summed E-state index contributed by atoms with van der Waals surface area (Å²) in [6.07, 6.45) is -0.908. The minimum absolute atomic E-state index is 0.0343. The van der Waals surface area contributed by atoms with Crippen LogP contribution in [0.1, 0.15) is 81.1 Å². The maximum absolute atomic E-state index is 13.8. The SMILES string of the molecule is CC(C)OP(=O)(OC(C)C)C(CCCCC(=O)O)P(=O)(OC(C)C)OC(C)C. The van der Waals surface area contributed by atoms with E-state index >= 15 is 0 Å². The monoisotopic (exact) mass is 444 g/mol. The fourth-order valence-corrected chi connectivity index (χ4v) is 8.65. The summed E-state index contributed by atoms with van der Waals surface area (Å²) in [7, 11) is -7.80. The van der Waals surface area contributed by atoms with Gasteiger partial charge in [-0.15, -0.1) is 0 Å². The fourth-order valence-electron chi connectivity index (χ4n) is 2.60. The van der Waals surface area contributed by atoms with Crippen molar-refractivity contribution in [1.82, 2.24) is 0 Å². The third-order valence-electron chi connectivity index (χ3n) is 3.26. The highest BCUT2D eigenvalue weighted by molar-refractivity contribution is 7.72. The van der Waals surface area contributed by atoms with Gasteiger partial charge in [0.15, 0.2) is 5.40 Å². The second-order valence-corrected chi connectivity index (χ2v) is 12.5. The van der Waals surface area contributed by atoms with E-state index in [0.717, 1.165) is 0 Å². The molecule has 168 valence electrons. The molecule has 0 aliphatic rings. The van der Waals surface area contributed by atoms with Gasteiger partial charge in [0.05, 0.1) is 24.4 Å². The van der Waals surface area contributed by atoms with Crippen LogP contribution in [0.5, 0.6) is 0 Å². The van der Waals surface area contributed by atoms with Gasteiger partial charge in [-0.3, -0.25) is 13.9 Å². The molecule has 0 aromatic carbocycles. The number of unbranched alkanes of at least 4 members (excludes halogenated alkanes) is 1. The average molecular weight is 444 g/mol. The van der Waals surface area contributed by atoms with Crippen LogP contribution in [0, 0.1) is 0 Å². The number of hydrogen-bond donors (Lipinski definition) is 1. The van der Waals surface area contributed by atoms with E-state index in [1.54, 1.807) is 55.4 Å². The Hall–Kier alpha value is -0.230. The third kappa shape index (κ3) is 10.5. The van der Waals surface area contributed by atoms with Crippen LogP contribution < -0.4 is 0 Å². The average Bonchev–Trinajstić information content (AvgIpc) is 2.42. The molecule has 8 nitrogen and oxygen atoms in total. The molecule has 0 aromatic rings. The Kier molecular flexibility index (Phi) is 12.4. The summed E-state index contributed by atoms with van der Waals surface area (Å²) in [4.78, 5) is 10.8. The van der Waals surface area contributed by atoms with Crippen molar-refractivity contribution in [2.75, 3.05) is 0 Å². The van der Waals surface area contributed by atoms with Crippen molar-refractivity contribution >= 4 is 21.2 Å². The standard InChI is InChI=1S/C18H38O8P2/c1-13(2)23-27(21,24-14(3)4)18(12-10-9-11-17(19)20)28(22,25-15(5)6)26-16(7)8/h13-16,18H,9-12H2,1-8H3,(H,19,20). The molecular formula is C18H38O8P2. The Labute approximate surface area is 169 Å². The lowest BCUT2D eigenvalue weighted by molar-refractivity contribution is -0.137. The molecule has 0 aliphatic heterocycles. The van der Waals surface area contributed by atoms with Gasteiger partial charge in [0.1, 0.15) is 0 Å². The lowest BCUT2D eigenvalue weighted by Crippen LogP contribution is -2.23. The second kappa shape index (κ2) is 12.5. The molecule has 0 bridgehead atoms. The van der Waals surface area contributed by atoms with Crippen LogP contribution in [0.2, 0.25) is 0 Å². The van der Waals surface area contributed by atoms with E-state index in [1.165, 1.54) is 0 Å². The first-order chi connectivity index (χ1) is 12.7. The lowest BCUT2D eigenvalue weighted by atomic mass is 10.2. The maximum atomic E-state index is 13.8. The molecule has 0 atom stereocenters. The van der Waals surface area contributed by atoms with E-state index in [9.17, 15) is 13.9 Å². The van der Waals surface area contributed by atoms with Gasteiger partial charge in [-0.05, 0) is 68.2 Å². The van der Waals surface area contributed by atoms with Crippen LogP contribution in [0.25, 0.3) is 0 Å². The van der Waals surface area contributed by atoms with Crippen molar-refractivity contribution < 1.29 is 37.1 Å². The Balaban J connectivity index is 6.03. The van der Waals surface area contributed by atoms with Crippen LogP contribution in [0.15, 0.2) is 0 Å². The van der Waals surface area contributed by atoms with Gasteiger partial charge in [-0.1, -0.05) is 6.42 Å². The van der Waals surface area contributed by atoms with E-state index in [4.69, 9.17) is 23.2 Å². The van der Waals surface area contributed by atoms with E-state index in [-0.39, 0.29) is 12.8 Å². The number of hydrogen-bond acceptors (Lipinski definition) is 7. The van der Waals surface area contributed by atoms with Gasteiger partial charge in [-0.2, -0.15) is 0 Å². The molecule has 0 saturated carbocycles. The van der Waals surface area contributed by atoms with Crippen molar-refractivity contribution in [3.8, 4) is 0 Å². The number of carboxylic acids is 1. The molecule has 0 unspecified atom stereocenters. The van der Waals surface area contributed by atoms with Crippen LogP contribution in [-0.2, 0) is 32.0 Å². The predicted molar refractivity (Wildman–Crippen MR) is 110 cm³/mol. The fraction of sp³-hybridized carbons (Fsp3) is 0.944. The quantitative estimate of drug-likeness (QED) is 0.240. The summed E-state index contributed by atoms with van der Waals surface area (Å²) in [6, 6.07) is 0. The van der Waals surface area contributed by atoms with Crippen LogP contribution in [0.3, 0.4) is 0 Å². The molecular weight excluding hydrogens is 406 g/mol. The Morgan fingerprint density at radius 2 is 1.04 bits per heavy atom. The van der Waals surface area contributed by atoms with Crippen LogP contribution >= 0.6 is 15.2 Å². The molecule has 0 aromatic heterocycles. The smallest absolute Gasteiger partial charge is 0.346 e. The van der Waals surface area contributed by atoms with Crippen molar-refractivity contribution in [3.63, 3.8) is 0 Å². The number of carbonyl (C=O) groups is 1. The van der Waals surface area contributed by atoms with E-state index < -0.39 is 51.0 Å². The zero-order valence-electron chi connectivity index (χ0n) is 18.4. The Bertz CT molecular complexity index is 494. The van der Waals surface area contributed by atoms with E-state index in [1.807, 2.05) is 0 Å². The summed E-state index contributed by atoms with van der Waals surface area (Å²) < 4.78 is 50.3. The van der Waals surface area contributed by atoms with E-state index in [0.29, 0.717) is 12.8 Å². The highest BCUT2D eigenvalue weighted by atomic mass is 31.2. The van der Waals surface area contributed by atoms with Crippen molar-refractivity contribution in [3.05, 3.63) is 0 Å². The lowest BCUT2D eigenvalue weighted by Gasteiger charge is -2.35. The molecule has 28 heavy (non-hydrogen) atoms. The summed E-state index contributed by atoms with van der Waals surface area (Å²) in [5, 5.41) is 7.73. The number of rotatable bonds is 15. The maximum Gasteiger partial charge on any atom is 0.346 e. The molecule has 0 rings (SSSR count). The van der Waals surface area contributed by atoms with Gasteiger partial charge in [-0.25, -0.2) is 0 Å². The molecule has 0 spiro atoms. The minimum Gasteiger partial charge on any atom is -0.481 e. The number of carboxylic acid groups (broad SMARTS) is 1. The molecule has 0 aliphatic carbocycles. The van der Waals surface area contributed by atoms with Crippen LogP contribution in [0.4, 0.5) is 0 Å². The highest BCUT2D eigenvalue weighted by Crippen LogP contribution is 2.73. The normalized spacial score (nSPS) is 13.5. The van der Waals surface area contributed by atoms with Gasteiger partial charge < -0.3 is 23.2 Å². The third-order valence-corrected chi connectivity index (χ3v) is 9.80. The molecule has 0 heterocycles. The van der Waals surface area contributed by atoms with Crippen molar-refractivity contribution in [1.29, 1.82) is 0 Å². The predicted octanol–water partition coefficient (Wildman–Crippen LogP) is 6.04. The summed E-state index contributed by atoms with van der Waals surface area (Å²) >= 11 is 0.